The SMILES string of the molecule is O=Cc1cccc(NS(=O)(=O)c2cccs2)c1. The van der Waals surface area contributed by atoms with Gasteiger partial charge in [-0.2, -0.15) is 0 Å². The first-order chi connectivity index (χ1) is 8.12. The van der Waals surface area contributed by atoms with E-state index >= 15 is 0 Å². The number of thiophene rings is 1. The van der Waals surface area contributed by atoms with Crippen LogP contribution < -0.4 is 4.72 Å². The van der Waals surface area contributed by atoms with Crippen molar-refractivity contribution in [1.29, 1.82) is 0 Å². The normalized spacial score (nSPS) is 11.1. The summed E-state index contributed by atoms with van der Waals surface area (Å²) in [5.41, 5.74) is 0.805. The summed E-state index contributed by atoms with van der Waals surface area (Å²) >= 11 is 1.14. The molecule has 17 heavy (non-hydrogen) atoms. The summed E-state index contributed by atoms with van der Waals surface area (Å²) in [6, 6.07) is 9.50. The van der Waals surface area contributed by atoms with Gasteiger partial charge in [0.2, 0.25) is 0 Å². The minimum absolute atomic E-state index is 0.244. The molecule has 6 heteroatoms. The van der Waals surface area contributed by atoms with E-state index in [4.69, 9.17) is 0 Å². The van der Waals surface area contributed by atoms with Crippen molar-refractivity contribution in [2.24, 2.45) is 0 Å². The highest BCUT2D eigenvalue weighted by molar-refractivity contribution is 7.94. The van der Waals surface area contributed by atoms with Crippen molar-refractivity contribution >= 4 is 33.3 Å². The highest BCUT2D eigenvalue weighted by Crippen LogP contribution is 2.20. The topological polar surface area (TPSA) is 63.2 Å². The minimum atomic E-state index is -3.54. The second kappa shape index (κ2) is 4.68. The Balaban J connectivity index is 2.29. The van der Waals surface area contributed by atoms with Crippen LogP contribution in [0.3, 0.4) is 0 Å². The van der Waals surface area contributed by atoms with Crippen LogP contribution in [0.25, 0.3) is 0 Å². The predicted octanol–water partition coefficient (Wildman–Crippen LogP) is 2.36. The molecule has 0 radical (unpaired) electrons. The fourth-order valence-electron chi connectivity index (χ4n) is 1.30. The summed E-state index contributed by atoms with van der Waals surface area (Å²) in [5, 5.41) is 1.69. The molecule has 0 bridgehead atoms. The highest BCUT2D eigenvalue weighted by Gasteiger charge is 2.14. The Morgan fingerprint density at radius 3 is 2.65 bits per heavy atom. The molecule has 0 atom stereocenters. The van der Waals surface area contributed by atoms with E-state index in [1.807, 2.05) is 0 Å². The first-order valence-electron chi connectivity index (χ1n) is 4.73. The molecular weight excluding hydrogens is 258 g/mol. The molecule has 0 saturated heterocycles. The molecule has 0 spiro atoms. The number of aldehydes is 1. The molecule has 88 valence electrons. The van der Waals surface area contributed by atoms with E-state index in [-0.39, 0.29) is 4.21 Å². The van der Waals surface area contributed by atoms with E-state index in [0.29, 0.717) is 17.5 Å². The van der Waals surface area contributed by atoms with E-state index in [0.717, 1.165) is 11.3 Å². The fourth-order valence-corrected chi connectivity index (χ4v) is 3.34. The van der Waals surface area contributed by atoms with Crippen molar-refractivity contribution in [2.75, 3.05) is 4.72 Å². The van der Waals surface area contributed by atoms with E-state index < -0.39 is 10.0 Å². The van der Waals surface area contributed by atoms with Gasteiger partial charge >= 0.3 is 0 Å². The number of sulfonamides is 1. The zero-order valence-corrected chi connectivity index (χ0v) is 10.3. The first kappa shape index (κ1) is 11.8. The third kappa shape index (κ3) is 2.72. The van der Waals surface area contributed by atoms with Crippen molar-refractivity contribution in [2.45, 2.75) is 4.21 Å². The molecule has 2 rings (SSSR count). The van der Waals surface area contributed by atoms with Gasteiger partial charge in [-0.25, -0.2) is 8.42 Å². The van der Waals surface area contributed by atoms with Crippen LogP contribution in [0.1, 0.15) is 10.4 Å². The molecule has 0 saturated carbocycles. The molecule has 4 nitrogen and oxygen atoms in total. The van der Waals surface area contributed by atoms with Gasteiger partial charge < -0.3 is 0 Å². The molecule has 0 amide bonds. The summed E-state index contributed by atoms with van der Waals surface area (Å²) in [4.78, 5) is 10.6. The molecule has 1 aromatic heterocycles. The maximum absolute atomic E-state index is 11.9. The fraction of sp³-hybridized carbons (Fsp3) is 0. The number of anilines is 1. The van der Waals surface area contributed by atoms with Crippen LogP contribution in [-0.2, 0) is 10.0 Å². The van der Waals surface area contributed by atoms with E-state index in [1.54, 1.807) is 29.6 Å². The van der Waals surface area contributed by atoms with Gasteiger partial charge in [0, 0.05) is 11.3 Å². The van der Waals surface area contributed by atoms with Crippen LogP contribution in [0, 0.1) is 0 Å². The largest absolute Gasteiger partial charge is 0.298 e. The second-order valence-electron chi connectivity index (χ2n) is 3.28. The quantitative estimate of drug-likeness (QED) is 0.865. The number of rotatable bonds is 4. The van der Waals surface area contributed by atoms with E-state index in [1.165, 1.54) is 12.1 Å². The lowest BCUT2D eigenvalue weighted by Gasteiger charge is -2.06. The summed E-state index contributed by atoms with van der Waals surface area (Å²) in [6.45, 7) is 0. The molecule has 0 aliphatic carbocycles. The lowest BCUT2D eigenvalue weighted by molar-refractivity contribution is 0.112. The third-order valence-corrected chi connectivity index (χ3v) is 4.81. The molecule has 0 unspecified atom stereocenters. The maximum Gasteiger partial charge on any atom is 0.271 e. The zero-order valence-electron chi connectivity index (χ0n) is 8.66. The minimum Gasteiger partial charge on any atom is -0.298 e. The number of nitrogens with one attached hydrogen (secondary N) is 1. The molecule has 0 aliphatic heterocycles. The van der Waals surface area contributed by atoms with Crippen LogP contribution in [0.5, 0.6) is 0 Å². The standard InChI is InChI=1S/C11H9NO3S2/c13-8-9-3-1-4-10(7-9)12-17(14,15)11-5-2-6-16-11/h1-8,12H. The van der Waals surface area contributed by atoms with Crippen LogP contribution in [0.2, 0.25) is 0 Å². The number of carbonyl (C=O) groups is 1. The van der Waals surface area contributed by atoms with Crippen molar-refractivity contribution in [3.63, 3.8) is 0 Å². The number of benzene rings is 1. The first-order valence-corrected chi connectivity index (χ1v) is 7.10. The molecule has 1 aromatic carbocycles. The second-order valence-corrected chi connectivity index (χ2v) is 6.14. The highest BCUT2D eigenvalue weighted by atomic mass is 32.2. The molecule has 0 aliphatic rings. The summed E-state index contributed by atoms with van der Waals surface area (Å²) < 4.78 is 26.4. The van der Waals surface area contributed by atoms with Crippen molar-refractivity contribution in [1.82, 2.24) is 0 Å². The Morgan fingerprint density at radius 1 is 1.18 bits per heavy atom. The lowest BCUT2D eigenvalue weighted by Crippen LogP contribution is -2.11. The van der Waals surface area contributed by atoms with Gasteiger partial charge in [0.05, 0.1) is 0 Å². The van der Waals surface area contributed by atoms with Gasteiger partial charge in [-0.3, -0.25) is 9.52 Å². The molecule has 1 N–H and O–H groups in total. The lowest BCUT2D eigenvalue weighted by atomic mass is 10.2. The monoisotopic (exact) mass is 267 g/mol. The van der Waals surface area contributed by atoms with Crippen LogP contribution in [-0.4, -0.2) is 14.7 Å². The molecule has 2 aromatic rings. The Hall–Kier alpha value is -1.66. The van der Waals surface area contributed by atoms with Crippen molar-refractivity contribution < 1.29 is 13.2 Å². The third-order valence-electron chi connectivity index (χ3n) is 2.03. The van der Waals surface area contributed by atoms with Gasteiger partial charge in [-0.1, -0.05) is 18.2 Å². The van der Waals surface area contributed by atoms with Crippen LogP contribution in [0.15, 0.2) is 46.0 Å². The summed E-state index contributed by atoms with van der Waals surface area (Å²) in [5.74, 6) is 0. The molecule has 0 fully saturated rings. The number of hydrogen-bond donors (Lipinski definition) is 1. The van der Waals surface area contributed by atoms with Gasteiger partial charge in [-0.05, 0) is 23.6 Å². The Labute approximate surface area is 103 Å². The Kier molecular flexibility index (Phi) is 3.26. The number of carbonyl (C=O) groups excluding carboxylic acids is 1. The van der Waals surface area contributed by atoms with Gasteiger partial charge in [-0.15, -0.1) is 11.3 Å². The van der Waals surface area contributed by atoms with Crippen LogP contribution in [0.4, 0.5) is 5.69 Å². The molecular formula is C11H9NO3S2. The summed E-state index contributed by atoms with van der Waals surface area (Å²) in [7, 11) is -3.54. The zero-order chi connectivity index (χ0) is 12.3. The van der Waals surface area contributed by atoms with Crippen LogP contribution >= 0.6 is 11.3 Å². The average Bonchev–Trinajstić information content (AvgIpc) is 2.83. The smallest absolute Gasteiger partial charge is 0.271 e. The predicted molar refractivity (Wildman–Crippen MR) is 67.0 cm³/mol. The van der Waals surface area contributed by atoms with E-state index in [2.05, 4.69) is 4.72 Å². The maximum atomic E-state index is 11.9. The molecule has 1 heterocycles. The van der Waals surface area contributed by atoms with E-state index in [9.17, 15) is 13.2 Å². The van der Waals surface area contributed by atoms with Crippen molar-refractivity contribution in [3.05, 3.63) is 47.3 Å². The average molecular weight is 267 g/mol. The Bertz CT molecular complexity index is 618. The number of hydrogen-bond acceptors (Lipinski definition) is 4. The van der Waals surface area contributed by atoms with Gasteiger partial charge in [0.1, 0.15) is 10.5 Å². The van der Waals surface area contributed by atoms with Gasteiger partial charge in [0.15, 0.2) is 0 Å². The Morgan fingerprint density at radius 2 is 2.00 bits per heavy atom. The summed E-state index contributed by atoms with van der Waals surface area (Å²) in [6.07, 6.45) is 0.670. The van der Waals surface area contributed by atoms with Crippen molar-refractivity contribution in [3.8, 4) is 0 Å². The van der Waals surface area contributed by atoms with Gasteiger partial charge in [0.25, 0.3) is 10.0 Å².